The summed E-state index contributed by atoms with van der Waals surface area (Å²) in [7, 11) is -4.62. The fourth-order valence-electron chi connectivity index (χ4n) is 6.73. The molecule has 2 aromatic carbocycles. The zero-order valence-electron chi connectivity index (χ0n) is 26.8. The molecule has 256 valence electrons. The summed E-state index contributed by atoms with van der Waals surface area (Å²) in [6.45, 7) is 10.0. The second-order valence-electron chi connectivity index (χ2n) is 11.8. The molecule has 1 unspecified atom stereocenters. The third-order valence-corrected chi connectivity index (χ3v) is 11.2. The Morgan fingerprint density at radius 3 is 2.40 bits per heavy atom. The molecule has 0 radical (unpaired) electrons. The van der Waals surface area contributed by atoms with E-state index < -0.39 is 33.4 Å². The average molecular weight is 701 g/mol. The summed E-state index contributed by atoms with van der Waals surface area (Å²) in [5.74, 6) is -2.10. The van der Waals surface area contributed by atoms with E-state index >= 15 is 4.39 Å². The first-order valence-corrected chi connectivity index (χ1v) is 17.9. The van der Waals surface area contributed by atoms with Gasteiger partial charge in [0.05, 0.1) is 27.8 Å². The van der Waals surface area contributed by atoms with Gasteiger partial charge in [0.1, 0.15) is 5.82 Å². The van der Waals surface area contributed by atoms with E-state index in [9.17, 15) is 18.0 Å². The van der Waals surface area contributed by atoms with Crippen LogP contribution in [0.3, 0.4) is 0 Å². The molecule has 3 aliphatic rings. The van der Waals surface area contributed by atoms with Gasteiger partial charge in [-0.25, -0.2) is 22.6 Å². The Bertz CT molecular complexity index is 1770. The minimum absolute atomic E-state index is 0.0217. The Morgan fingerprint density at radius 2 is 1.73 bits per heavy atom. The highest BCUT2D eigenvalue weighted by Gasteiger charge is 2.59. The number of carbonyl (C=O) groups excluding carboxylic acids is 2. The standard InChI is InChI=1S/C33H38ClFN6O6S/c1-3-38-17-19-39(20-18-38)23-12-15-40(16-13-23)47-32(43)37-33(25-11-8-14-36-30(25)46-4-2)26-21-27(34)28(35)22-29(26)41(31(33)42)48(44,45)24-9-6-5-7-10-24/h5-11,14,21-23H,3-4,12-13,15-20H2,1-2H3,(H,37,43). The quantitative estimate of drug-likeness (QED) is 0.351. The first-order chi connectivity index (χ1) is 23.1. The van der Waals surface area contributed by atoms with Gasteiger partial charge in [0, 0.05) is 63.1 Å². The van der Waals surface area contributed by atoms with Crippen LogP contribution in [0.4, 0.5) is 14.9 Å². The molecule has 12 nitrogen and oxygen atoms in total. The van der Waals surface area contributed by atoms with E-state index in [1.54, 1.807) is 13.0 Å². The lowest BCUT2D eigenvalue weighted by Crippen LogP contribution is -2.56. The van der Waals surface area contributed by atoms with Gasteiger partial charge in [-0.3, -0.25) is 15.0 Å². The molecule has 1 aromatic heterocycles. The van der Waals surface area contributed by atoms with Gasteiger partial charge < -0.3 is 14.5 Å². The number of amides is 2. The van der Waals surface area contributed by atoms with Gasteiger partial charge in [-0.05, 0) is 56.6 Å². The van der Waals surface area contributed by atoms with Crippen molar-refractivity contribution in [1.29, 1.82) is 0 Å². The van der Waals surface area contributed by atoms with Crippen LogP contribution in [0.1, 0.15) is 37.8 Å². The maximum atomic E-state index is 15.1. The number of rotatable bonds is 9. The lowest BCUT2D eigenvalue weighted by molar-refractivity contribution is -0.130. The number of nitrogens with zero attached hydrogens (tertiary/aromatic N) is 5. The highest BCUT2D eigenvalue weighted by atomic mass is 35.5. The van der Waals surface area contributed by atoms with Gasteiger partial charge in [-0.1, -0.05) is 36.7 Å². The van der Waals surface area contributed by atoms with Crippen molar-refractivity contribution in [2.45, 2.75) is 43.2 Å². The lowest BCUT2D eigenvalue weighted by atomic mass is 9.84. The molecule has 6 rings (SSSR count). The van der Waals surface area contributed by atoms with Crippen molar-refractivity contribution in [2.75, 3.05) is 56.7 Å². The number of hydrogen-bond acceptors (Lipinski definition) is 10. The van der Waals surface area contributed by atoms with E-state index in [0.717, 1.165) is 57.7 Å². The van der Waals surface area contributed by atoms with Crippen molar-refractivity contribution in [3.63, 3.8) is 0 Å². The first kappa shape index (κ1) is 34.1. The Hall–Kier alpha value is -3.82. The highest BCUT2D eigenvalue weighted by Crippen LogP contribution is 2.50. The van der Waals surface area contributed by atoms with Gasteiger partial charge in [-0.2, -0.15) is 4.31 Å². The predicted molar refractivity (Wildman–Crippen MR) is 177 cm³/mol. The van der Waals surface area contributed by atoms with E-state index in [2.05, 4.69) is 27.0 Å². The number of fused-ring (bicyclic) bond motifs is 1. The molecule has 1 N–H and O–H groups in total. The number of nitrogens with one attached hydrogen (secondary N) is 1. The third-order valence-electron chi connectivity index (χ3n) is 9.20. The number of piperazine rings is 1. The summed E-state index contributed by atoms with van der Waals surface area (Å²) >= 11 is 6.26. The van der Waals surface area contributed by atoms with Crippen LogP contribution in [-0.2, 0) is 25.2 Å². The maximum absolute atomic E-state index is 15.1. The van der Waals surface area contributed by atoms with E-state index in [1.165, 1.54) is 47.7 Å². The first-order valence-electron chi connectivity index (χ1n) is 16.0. The second-order valence-corrected chi connectivity index (χ2v) is 14.0. The summed E-state index contributed by atoms with van der Waals surface area (Å²) in [6.07, 6.45) is 1.97. The second kappa shape index (κ2) is 14.0. The van der Waals surface area contributed by atoms with Crippen LogP contribution >= 0.6 is 11.6 Å². The molecule has 15 heteroatoms. The van der Waals surface area contributed by atoms with Crippen LogP contribution in [0.15, 0.2) is 65.7 Å². The SMILES string of the molecule is CCOc1ncccc1C1(NC(=O)ON2CCC(N3CCN(CC)CC3)CC2)C(=O)N(S(=O)(=O)c2ccccc2)c2cc(F)c(Cl)cc21. The number of halogens is 2. The Labute approximate surface area is 284 Å². The Kier molecular flexibility index (Phi) is 9.91. The predicted octanol–water partition coefficient (Wildman–Crippen LogP) is 4.00. The summed E-state index contributed by atoms with van der Waals surface area (Å²) in [6, 6.07) is 12.6. The number of ether oxygens (including phenoxy) is 1. The minimum Gasteiger partial charge on any atom is -0.478 e. The lowest BCUT2D eigenvalue weighted by Gasteiger charge is -2.42. The van der Waals surface area contributed by atoms with Gasteiger partial charge in [-0.15, -0.1) is 5.06 Å². The summed E-state index contributed by atoms with van der Waals surface area (Å²) in [5.41, 5.74) is -2.66. The summed E-state index contributed by atoms with van der Waals surface area (Å²) in [5, 5.41) is 3.82. The van der Waals surface area contributed by atoms with Crippen LogP contribution in [0.5, 0.6) is 5.88 Å². The molecule has 0 aliphatic carbocycles. The largest absolute Gasteiger partial charge is 0.478 e. The molecule has 2 amide bonds. The topological polar surface area (TPSA) is 125 Å². The van der Waals surface area contributed by atoms with E-state index in [0.29, 0.717) is 23.4 Å². The number of carbonyl (C=O) groups is 2. The van der Waals surface area contributed by atoms with Gasteiger partial charge >= 0.3 is 6.09 Å². The zero-order chi connectivity index (χ0) is 34.1. The molecule has 2 saturated heterocycles. The van der Waals surface area contributed by atoms with E-state index in [-0.39, 0.29) is 39.2 Å². The van der Waals surface area contributed by atoms with Gasteiger partial charge in [0.2, 0.25) is 5.88 Å². The Balaban J connectivity index is 1.35. The molecule has 2 fully saturated rings. The number of hydrogen-bond donors (Lipinski definition) is 1. The number of anilines is 1. The van der Waals surface area contributed by atoms with Crippen molar-refractivity contribution in [3.8, 4) is 5.88 Å². The zero-order valence-corrected chi connectivity index (χ0v) is 28.3. The maximum Gasteiger partial charge on any atom is 0.427 e. The van der Waals surface area contributed by atoms with Gasteiger partial charge in [0.25, 0.3) is 15.9 Å². The number of aromatic nitrogens is 1. The van der Waals surface area contributed by atoms with Crippen molar-refractivity contribution < 1.29 is 32.0 Å². The van der Waals surface area contributed by atoms with Crippen LogP contribution in [-0.4, -0.2) is 98.7 Å². The summed E-state index contributed by atoms with van der Waals surface area (Å²) in [4.78, 5) is 43.3. The number of hydroxylamine groups is 2. The number of pyridine rings is 1. The normalized spacial score (nSPS) is 21.2. The third kappa shape index (κ3) is 6.23. The average Bonchev–Trinajstić information content (AvgIpc) is 3.33. The fourth-order valence-corrected chi connectivity index (χ4v) is 8.37. The van der Waals surface area contributed by atoms with E-state index in [1.807, 2.05) is 0 Å². The van der Waals surface area contributed by atoms with E-state index in [4.69, 9.17) is 21.2 Å². The smallest absolute Gasteiger partial charge is 0.427 e. The minimum atomic E-state index is -4.62. The van der Waals surface area contributed by atoms with Gasteiger partial charge in [0.15, 0.2) is 5.54 Å². The van der Waals surface area contributed by atoms with Crippen LogP contribution in [0, 0.1) is 5.82 Å². The molecule has 1 atom stereocenters. The van der Waals surface area contributed by atoms with Crippen molar-refractivity contribution >= 4 is 39.3 Å². The molecular formula is C33H38ClFN6O6S. The summed E-state index contributed by atoms with van der Waals surface area (Å²) < 4.78 is 49.5. The fraction of sp³-hybridized carbons (Fsp3) is 0.424. The molecular weight excluding hydrogens is 663 g/mol. The molecule has 3 aromatic rings. The number of benzene rings is 2. The van der Waals surface area contributed by atoms with Crippen LogP contribution in [0.25, 0.3) is 0 Å². The monoisotopic (exact) mass is 700 g/mol. The number of piperidine rings is 1. The number of sulfonamides is 1. The molecule has 0 saturated carbocycles. The van der Waals surface area contributed by atoms with Crippen LogP contribution < -0.4 is 14.4 Å². The van der Waals surface area contributed by atoms with Crippen molar-refractivity contribution in [1.82, 2.24) is 25.2 Å². The molecule has 48 heavy (non-hydrogen) atoms. The van der Waals surface area contributed by atoms with Crippen molar-refractivity contribution in [2.24, 2.45) is 0 Å². The highest BCUT2D eigenvalue weighted by molar-refractivity contribution is 7.93. The molecule has 0 bridgehead atoms. The number of likely N-dealkylation sites (N-methyl/N-ethyl adjacent to an activating group) is 1. The van der Waals surface area contributed by atoms with Crippen molar-refractivity contribution in [3.05, 3.63) is 82.8 Å². The molecule has 4 heterocycles. The van der Waals surface area contributed by atoms with Crippen LogP contribution in [0.2, 0.25) is 5.02 Å². The Morgan fingerprint density at radius 1 is 1.02 bits per heavy atom. The molecule has 0 spiro atoms. The molecule has 3 aliphatic heterocycles.